The molecule has 7 heteroatoms. The number of H-pyrrole nitrogens is 1. The van der Waals surface area contributed by atoms with Crippen LogP contribution in [0.1, 0.15) is 54.1 Å². The molecule has 2 aromatic heterocycles. The van der Waals surface area contributed by atoms with Gasteiger partial charge in [0.2, 0.25) is 0 Å². The molecule has 2 aliphatic heterocycles. The van der Waals surface area contributed by atoms with Gasteiger partial charge in [0.15, 0.2) is 0 Å². The molecular weight excluding hydrogens is 412 g/mol. The van der Waals surface area contributed by atoms with Crippen LogP contribution in [0.5, 0.6) is 0 Å². The van der Waals surface area contributed by atoms with Crippen LogP contribution in [0.3, 0.4) is 0 Å². The van der Waals surface area contributed by atoms with Crippen LogP contribution in [0, 0.1) is 25.2 Å². The van der Waals surface area contributed by atoms with Crippen molar-refractivity contribution in [3.8, 4) is 11.3 Å². The van der Waals surface area contributed by atoms with Gasteiger partial charge < -0.3 is 9.30 Å². The maximum absolute atomic E-state index is 5.79. The van der Waals surface area contributed by atoms with Crippen molar-refractivity contribution >= 4 is 0 Å². The first-order valence-electron chi connectivity index (χ1n) is 12.4. The highest BCUT2D eigenvalue weighted by atomic mass is 16.5. The topological polar surface area (TPSA) is 71.9 Å². The summed E-state index contributed by atoms with van der Waals surface area (Å²) in [7, 11) is 0. The van der Waals surface area contributed by atoms with Crippen LogP contribution < -0.4 is 0 Å². The van der Waals surface area contributed by atoms with Crippen molar-refractivity contribution in [2.75, 3.05) is 26.3 Å². The Kier molecular flexibility index (Phi) is 5.34. The zero-order valence-electron chi connectivity index (χ0n) is 19.8. The Balaban J connectivity index is 1.27. The molecule has 3 aromatic rings. The Hall–Kier alpha value is -2.51. The summed E-state index contributed by atoms with van der Waals surface area (Å²) in [5, 5.41) is 16.7. The zero-order chi connectivity index (χ0) is 22.4. The molecule has 1 N–H and O–H groups in total. The van der Waals surface area contributed by atoms with E-state index < -0.39 is 0 Å². The molecule has 3 aliphatic rings. The van der Waals surface area contributed by atoms with E-state index in [0.717, 1.165) is 63.8 Å². The van der Waals surface area contributed by atoms with E-state index in [9.17, 15) is 0 Å². The first-order valence-corrected chi connectivity index (χ1v) is 12.4. The average molecular weight is 447 g/mol. The normalized spacial score (nSPS) is 22.9. The fourth-order valence-corrected chi connectivity index (χ4v) is 5.90. The summed E-state index contributed by atoms with van der Waals surface area (Å²) in [4.78, 5) is 2.61. The molecule has 4 heterocycles. The van der Waals surface area contributed by atoms with E-state index in [1.54, 1.807) is 0 Å². The van der Waals surface area contributed by atoms with Crippen LogP contribution >= 0.6 is 0 Å². The van der Waals surface area contributed by atoms with E-state index >= 15 is 0 Å². The van der Waals surface area contributed by atoms with Gasteiger partial charge in [0.1, 0.15) is 12.2 Å². The summed E-state index contributed by atoms with van der Waals surface area (Å²) in [6, 6.07) is 6.66. The van der Waals surface area contributed by atoms with Crippen molar-refractivity contribution in [3.63, 3.8) is 0 Å². The molecular formula is C26H34N6O. The van der Waals surface area contributed by atoms with Crippen molar-refractivity contribution in [3.05, 3.63) is 53.2 Å². The van der Waals surface area contributed by atoms with Gasteiger partial charge in [-0.2, -0.15) is 5.10 Å². The van der Waals surface area contributed by atoms with Crippen molar-refractivity contribution in [2.24, 2.45) is 11.3 Å². The van der Waals surface area contributed by atoms with E-state index in [2.05, 4.69) is 61.9 Å². The number of rotatable bonds is 6. The summed E-state index contributed by atoms with van der Waals surface area (Å²) >= 11 is 0. The van der Waals surface area contributed by atoms with Gasteiger partial charge >= 0.3 is 0 Å². The maximum Gasteiger partial charge on any atom is 0.137 e. The Bertz CT molecular complexity index is 1120. The summed E-state index contributed by atoms with van der Waals surface area (Å²) in [5.41, 5.74) is 6.47. The Morgan fingerprint density at radius 1 is 1.15 bits per heavy atom. The van der Waals surface area contributed by atoms with Crippen molar-refractivity contribution in [1.29, 1.82) is 0 Å². The second-order valence-corrected chi connectivity index (χ2v) is 10.6. The Labute approximate surface area is 195 Å². The highest BCUT2D eigenvalue weighted by Crippen LogP contribution is 2.49. The number of likely N-dealkylation sites (tertiary alicyclic amines) is 1. The van der Waals surface area contributed by atoms with Crippen LogP contribution in [0.15, 0.2) is 30.7 Å². The predicted octanol–water partition coefficient (Wildman–Crippen LogP) is 4.09. The smallest absolute Gasteiger partial charge is 0.137 e. The number of benzene rings is 1. The lowest BCUT2D eigenvalue weighted by atomic mass is 9.71. The Morgan fingerprint density at radius 3 is 2.79 bits per heavy atom. The van der Waals surface area contributed by atoms with E-state index in [-0.39, 0.29) is 5.41 Å². The van der Waals surface area contributed by atoms with Crippen molar-refractivity contribution < 1.29 is 4.74 Å². The van der Waals surface area contributed by atoms with Gasteiger partial charge in [0.25, 0.3) is 0 Å². The fourth-order valence-electron chi connectivity index (χ4n) is 5.90. The minimum absolute atomic E-state index is 0.219. The molecule has 1 aromatic carbocycles. The minimum Gasteiger partial charge on any atom is -0.381 e. The summed E-state index contributed by atoms with van der Waals surface area (Å²) < 4.78 is 8.14. The SMILES string of the molecule is Cc1ccc(-c2[nH]ncc2CN2CC(c3nncn3CC3CC3)C3(CCOCC3)C2)cc1C. The highest BCUT2D eigenvalue weighted by Gasteiger charge is 2.50. The van der Waals surface area contributed by atoms with Crippen LogP contribution in [-0.4, -0.2) is 56.2 Å². The molecule has 1 saturated carbocycles. The molecule has 7 nitrogen and oxygen atoms in total. The quantitative estimate of drug-likeness (QED) is 0.617. The van der Waals surface area contributed by atoms with Crippen LogP contribution in [-0.2, 0) is 17.8 Å². The van der Waals surface area contributed by atoms with Gasteiger partial charge in [0, 0.05) is 56.4 Å². The van der Waals surface area contributed by atoms with Crippen LogP contribution in [0.4, 0.5) is 0 Å². The second-order valence-electron chi connectivity index (χ2n) is 10.6. The number of ether oxygens (including phenoxy) is 1. The van der Waals surface area contributed by atoms with Crippen LogP contribution in [0.2, 0.25) is 0 Å². The molecule has 1 aliphatic carbocycles. The van der Waals surface area contributed by atoms with Crippen LogP contribution in [0.25, 0.3) is 11.3 Å². The third kappa shape index (κ3) is 4.02. The molecule has 6 rings (SSSR count). The van der Waals surface area contributed by atoms with Crippen molar-refractivity contribution in [2.45, 2.75) is 58.5 Å². The van der Waals surface area contributed by atoms with Gasteiger partial charge in [-0.25, -0.2) is 0 Å². The van der Waals surface area contributed by atoms with E-state index in [0.29, 0.717) is 5.92 Å². The third-order valence-electron chi connectivity index (χ3n) is 8.22. The highest BCUT2D eigenvalue weighted by molar-refractivity contribution is 5.64. The number of nitrogens with one attached hydrogen (secondary N) is 1. The van der Waals surface area contributed by atoms with E-state index in [1.165, 1.54) is 40.9 Å². The molecule has 1 spiro atoms. The second kappa shape index (κ2) is 8.37. The standard InChI is InChI=1S/C26H34N6O/c1-18-3-6-21(11-19(18)2)24-22(12-27-29-24)14-31-15-23(26(16-31)7-9-33-10-8-26)25-30-28-17-32(25)13-20-4-5-20/h3,6,11-12,17,20,23H,4-5,7-10,13-16H2,1-2H3,(H,27,29). The molecule has 2 saturated heterocycles. The molecule has 174 valence electrons. The number of nitrogens with zero attached hydrogens (tertiary/aromatic N) is 5. The summed E-state index contributed by atoms with van der Waals surface area (Å²) in [6.45, 7) is 10.1. The molecule has 33 heavy (non-hydrogen) atoms. The molecule has 3 fully saturated rings. The molecule has 1 atom stereocenters. The Morgan fingerprint density at radius 2 is 2.00 bits per heavy atom. The number of hydrogen-bond donors (Lipinski definition) is 1. The molecule has 1 unspecified atom stereocenters. The van der Waals surface area contributed by atoms with Gasteiger partial charge in [-0.3, -0.25) is 10.00 Å². The van der Waals surface area contributed by atoms with E-state index in [4.69, 9.17) is 4.74 Å². The molecule has 0 amide bonds. The number of hydrogen-bond acceptors (Lipinski definition) is 5. The van der Waals surface area contributed by atoms with E-state index in [1.807, 2.05) is 12.5 Å². The summed E-state index contributed by atoms with van der Waals surface area (Å²) in [5.74, 6) is 2.40. The number of aromatic nitrogens is 5. The largest absolute Gasteiger partial charge is 0.381 e. The van der Waals surface area contributed by atoms with Gasteiger partial charge in [0.05, 0.1) is 11.9 Å². The maximum atomic E-state index is 5.79. The lowest BCUT2D eigenvalue weighted by Gasteiger charge is -2.37. The van der Waals surface area contributed by atoms with Gasteiger partial charge in [-0.1, -0.05) is 12.1 Å². The fraction of sp³-hybridized carbons (Fsp3) is 0.577. The zero-order valence-corrected chi connectivity index (χ0v) is 19.8. The van der Waals surface area contributed by atoms with Gasteiger partial charge in [-0.05, 0) is 68.1 Å². The lowest BCUT2D eigenvalue weighted by Crippen LogP contribution is -2.37. The third-order valence-corrected chi connectivity index (χ3v) is 8.22. The monoisotopic (exact) mass is 446 g/mol. The first kappa shape index (κ1) is 21.1. The summed E-state index contributed by atoms with van der Waals surface area (Å²) in [6.07, 6.45) is 8.84. The van der Waals surface area contributed by atoms with Crippen molar-refractivity contribution in [1.82, 2.24) is 29.9 Å². The number of aromatic amines is 1. The molecule has 0 radical (unpaired) electrons. The first-order chi connectivity index (χ1) is 16.1. The molecule has 0 bridgehead atoms. The predicted molar refractivity (Wildman–Crippen MR) is 127 cm³/mol. The number of aryl methyl sites for hydroxylation is 2. The van der Waals surface area contributed by atoms with Gasteiger partial charge in [-0.15, -0.1) is 10.2 Å². The average Bonchev–Trinajstić information content (AvgIpc) is 3.17. The minimum atomic E-state index is 0.219. The lowest BCUT2D eigenvalue weighted by molar-refractivity contribution is 0.0104.